The first kappa shape index (κ1) is 11.2. The summed E-state index contributed by atoms with van der Waals surface area (Å²) in [5, 5.41) is 3.39. The third-order valence-electron chi connectivity index (χ3n) is 2.94. The molecule has 0 amide bonds. The highest BCUT2D eigenvalue weighted by molar-refractivity contribution is 5.25. The molecule has 4 heteroatoms. The second kappa shape index (κ2) is 5.16. The lowest BCUT2D eigenvalue weighted by Crippen LogP contribution is -2.39. The molecule has 4 nitrogen and oxygen atoms in total. The van der Waals surface area contributed by atoms with E-state index in [0.717, 1.165) is 18.7 Å². The molecule has 1 unspecified atom stereocenters. The number of pyridine rings is 1. The molecule has 2 N–H and O–H groups in total. The van der Waals surface area contributed by atoms with Gasteiger partial charge in [-0.2, -0.15) is 0 Å². The van der Waals surface area contributed by atoms with Crippen LogP contribution in [0.25, 0.3) is 0 Å². The average Bonchev–Trinajstić information content (AvgIpc) is 2.30. The number of piperidine rings is 1. The lowest BCUT2D eigenvalue weighted by atomic mass is 10.1. The fraction of sp³-hybridized carbons (Fsp3) is 0.583. The number of hydrogen-bond donors (Lipinski definition) is 2. The van der Waals surface area contributed by atoms with Crippen molar-refractivity contribution in [2.75, 3.05) is 13.2 Å². The Morgan fingerprint density at radius 2 is 2.38 bits per heavy atom. The number of aromatic amines is 1. The molecule has 1 aromatic heterocycles. The number of nitrogens with one attached hydrogen (secondary N) is 2. The monoisotopic (exact) mass is 222 g/mol. The molecule has 2 rings (SSSR count). The quantitative estimate of drug-likeness (QED) is 0.808. The maximum Gasteiger partial charge on any atom is 0.223 e. The van der Waals surface area contributed by atoms with E-state index in [1.807, 2.05) is 6.92 Å². The number of aromatic nitrogens is 1. The van der Waals surface area contributed by atoms with Crippen molar-refractivity contribution in [3.05, 3.63) is 28.2 Å². The summed E-state index contributed by atoms with van der Waals surface area (Å²) in [5.74, 6) is 0.454. The first-order chi connectivity index (χ1) is 7.77. The van der Waals surface area contributed by atoms with Crippen molar-refractivity contribution >= 4 is 0 Å². The van der Waals surface area contributed by atoms with Gasteiger partial charge in [-0.1, -0.05) is 6.42 Å². The predicted molar refractivity (Wildman–Crippen MR) is 62.9 cm³/mol. The van der Waals surface area contributed by atoms with E-state index in [-0.39, 0.29) is 5.43 Å². The van der Waals surface area contributed by atoms with Crippen LogP contribution in [0.3, 0.4) is 0 Å². The van der Waals surface area contributed by atoms with Crippen molar-refractivity contribution in [1.29, 1.82) is 0 Å². The molecule has 1 aromatic rings. The van der Waals surface area contributed by atoms with Crippen LogP contribution in [0.2, 0.25) is 0 Å². The molecule has 1 saturated heterocycles. The van der Waals surface area contributed by atoms with Gasteiger partial charge in [0, 0.05) is 18.3 Å². The lowest BCUT2D eigenvalue weighted by Gasteiger charge is -2.23. The third-order valence-corrected chi connectivity index (χ3v) is 2.94. The van der Waals surface area contributed by atoms with Gasteiger partial charge in [0.1, 0.15) is 6.61 Å². The van der Waals surface area contributed by atoms with Crippen LogP contribution in [0.15, 0.2) is 17.1 Å². The predicted octanol–water partition coefficient (Wildman–Crippen LogP) is 1.20. The van der Waals surface area contributed by atoms with Crippen molar-refractivity contribution in [3.63, 3.8) is 0 Å². The van der Waals surface area contributed by atoms with Crippen LogP contribution in [0.4, 0.5) is 0 Å². The number of rotatable bonds is 3. The van der Waals surface area contributed by atoms with Crippen molar-refractivity contribution < 1.29 is 4.74 Å². The van der Waals surface area contributed by atoms with Gasteiger partial charge in [0.15, 0.2) is 5.75 Å². The van der Waals surface area contributed by atoms with Gasteiger partial charge in [-0.15, -0.1) is 0 Å². The molecule has 16 heavy (non-hydrogen) atoms. The second-order valence-electron chi connectivity index (χ2n) is 4.25. The molecule has 1 fully saturated rings. The van der Waals surface area contributed by atoms with Gasteiger partial charge in [0.05, 0.1) is 5.69 Å². The molecule has 88 valence electrons. The fourth-order valence-electron chi connectivity index (χ4n) is 2.00. The molecule has 1 aliphatic heterocycles. The van der Waals surface area contributed by atoms with Crippen molar-refractivity contribution in [2.45, 2.75) is 32.2 Å². The van der Waals surface area contributed by atoms with Crippen LogP contribution in [-0.4, -0.2) is 24.2 Å². The highest BCUT2D eigenvalue weighted by Gasteiger charge is 2.14. The molecule has 0 aromatic carbocycles. The Labute approximate surface area is 95.0 Å². The zero-order valence-electron chi connectivity index (χ0n) is 9.58. The first-order valence-electron chi connectivity index (χ1n) is 5.82. The van der Waals surface area contributed by atoms with Gasteiger partial charge in [0.25, 0.3) is 0 Å². The topological polar surface area (TPSA) is 54.1 Å². The van der Waals surface area contributed by atoms with Crippen molar-refractivity contribution in [2.24, 2.45) is 0 Å². The summed E-state index contributed by atoms with van der Waals surface area (Å²) >= 11 is 0. The van der Waals surface area contributed by atoms with Gasteiger partial charge in [-0.25, -0.2) is 0 Å². The van der Waals surface area contributed by atoms with E-state index in [9.17, 15) is 4.79 Å². The molecular weight excluding hydrogens is 204 g/mol. The van der Waals surface area contributed by atoms with E-state index in [1.165, 1.54) is 18.9 Å². The minimum atomic E-state index is -0.0490. The summed E-state index contributed by atoms with van der Waals surface area (Å²) < 4.78 is 5.60. The second-order valence-corrected chi connectivity index (χ2v) is 4.25. The molecular formula is C12H18N2O2. The van der Waals surface area contributed by atoms with Gasteiger partial charge in [-0.05, 0) is 26.3 Å². The molecule has 2 heterocycles. The SMILES string of the molecule is Cc1[nH]ccc(=O)c1OCC1CCCCN1. The zero-order valence-corrected chi connectivity index (χ0v) is 9.58. The maximum absolute atomic E-state index is 11.5. The summed E-state index contributed by atoms with van der Waals surface area (Å²) in [5.41, 5.74) is 0.746. The Morgan fingerprint density at radius 3 is 3.06 bits per heavy atom. The van der Waals surface area contributed by atoms with Crippen LogP contribution in [0.5, 0.6) is 5.75 Å². The number of hydrogen-bond acceptors (Lipinski definition) is 3. The van der Waals surface area contributed by atoms with Crippen LogP contribution in [0.1, 0.15) is 25.0 Å². The van der Waals surface area contributed by atoms with Crippen LogP contribution < -0.4 is 15.5 Å². The zero-order chi connectivity index (χ0) is 11.4. The lowest BCUT2D eigenvalue weighted by molar-refractivity contribution is 0.235. The van der Waals surface area contributed by atoms with Crippen LogP contribution in [0, 0.1) is 6.92 Å². The van der Waals surface area contributed by atoms with Gasteiger partial charge >= 0.3 is 0 Å². The minimum absolute atomic E-state index is 0.0490. The highest BCUT2D eigenvalue weighted by atomic mass is 16.5. The normalized spacial score (nSPS) is 20.7. The highest BCUT2D eigenvalue weighted by Crippen LogP contribution is 2.11. The Bertz CT molecular complexity index is 394. The Morgan fingerprint density at radius 1 is 1.50 bits per heavy atom. The molecule has 1 atom stereocenters. The Hall–Kier alpha value is -1.29. The smallest absolute Gasteiger partial charge is 0.223 e. The summed E-state index contributed by atoms with van der Waals surface area (Å²) in [4.78, 5) is 14.5. The molecule has 0 aliphatic carbocycles. The summed E-state index contributed by atoms with van der Waals surface area (Å²) in [6.07, 6.45) is 5.25. The average molecular weight is 222 g/mol. The van der Waals surface area contributed by atoms with E-state index >= 15 is 0 Å². The maximum atomic E-state index is 11.5. The van der Waals surface area contributed by atoms with Gasteiger partial charge in [-0.3, -0.25) is 4.79 Å². The van der Waals surface area contributed by atoms with Gasteiger partial charge in [0.2, 0.25) is 5.43 Å². The van der Waals surface area contributed by atoms with Crippen molar-refractivity contribution in [1.82, 2.24) is 10.3 Å². The Balaban J connectivity index is 1.96. The fourth-order valence-corrected chi connectivity index (χ4v) is 2.00. The standard InChI is InChI=1S/C12H18N2O2/c1-9-12(11(15)5-7-13-9)16-8-10-4-2-3-6-14-10/h5,7,10,14H,2-4,6,8H2,1H3,(H,13,15). The molecule has 0 saturated carbocycles. The summed E-state index contributed by atoms with van der Waals surface area (Å²) in [7, 11) is 0. The largest absolute Gasteiger partial charge is 0.486 e. The van der Waals surface area contributed by atoms with Gasteiger partial charge < -0.3 is 15.0 Å². The van der Waals surface area contributed by atoms with Crippen LogP contribution >= 0.6 is 0 Å². The number of aryl methyl sites for hydroxylation is 1. The van der Waals surface area contributed by atoms with E-state index in [4.69, 9.17) is 4.74 Å². The van der Waals surface area contributed by atoms with E-state index < -0.39 is 0 Å². The summed E-state index contributed by atoms with van der Waals surface area (Å²) in [6, 6.07) is 1.88. The molecule has 1 aliphatic rings. The number of ether oxygens (including phenoxy) is 1. The molecule has 0 bridgehead atoms. The minimum Gasteiger partial charge on any atom is -0.486 e. The summed E-state index contributed by atoms with van der Waals surface area (Å²) in [6.45, 7) is 3.48. The number of H-pyrrole nitrogens is 1. The van der Waals surface area contributed by atoms with E-state index in [0.29, 0.717) is 18.4 Å². The van der Waals surface area contributed by atoms with E-state index in [1.54, 1.807) is 6.20 Å². The van der Waals surface area contributed by atoms with Crippen LogP contribution in [-0.2, 0) is 0 Å². The van der Waals surface area contributed by atoms with Crippen molar-refractivity contribution in [3.8, 4) is 5.75 Å². The first-order valence-corrected chi connectivity index (χ1v) is 5.82. The Kier molecular flexibility index (Phi) is 3.62. The molecule has 0 spiro atoms. The van der Waals surface area contributed by atoms with E-state index in [2.05, 4.69) is 10.3 Å². The molecule has 0 radical (unpaired) electrons. The third kappa shape index (κ3) is 2.64.